The van der Waals surface area contributed by atoms with Crippen LogP contribution in [0.3, 0.4) is 0 Å². The smallest absolute Gasteiger partial charge is 1.00 e. The second kappa shape index (κ2) is 7.41. The van der Waals surface area contributed by atoms with Crippen LogP contribution in [-0.2, 0) is 5.04 Å². The van der Waals surface area contributed by atoms with E-state index in [1.807, 2.05) is 0 Å². The van der Waals surface area contributed by atoms with Crippen molar-refractivity contribution in [2.24, 2.45) is 0 Å². The molecule has 2 heteroatoms. The SMILES string of the molecule is [H-].[Na+].[Si]C(c1ccccc1)(C1C=Cc2ccccc21)C1C=Cc2ccccc21. The predicted octanol–water partition coefficient (Wildman–Crippen LogP) is 2.79. The van der Waals surface area contributed by atoms with E-state index in [9.17, 15) is 0 Å². The van der Waals surface area contributed by atoms with Gasteiger partial charge < -0.3 is 1.43 Å². The molecule has 0 fully saturated rings. The number of rotatable bonds is 3. The number of fused-ring (bicyclic) bond motifs is 2. The molecule has 0 spiro atoms. The molecule has 0 aliphatic heterocycles. The molecule has 0 N–H and O–H groups in total. The summed E-state index contributed by atoms with van der Waals surface area (Å²) < 4.78 is 0. The van der Waals surface area contributed by atoms with Gasteiger partial charge in [0.15, 0.2) is 0 Å². The Hall–Kier alpha value is -1.64. The predicted molar refractivity (Wildman–Crippen MR) is 111 cm³/mol. The molecule has 0 aromatic heterocycles. The number of allylic oxidation sites excluding steroid dienone is 2. The Morgan fingerprint density at radius 1 is 0.630 bits per heavy atom. The molecule has 2 unspecified atom stereocenters. The molecule has 0 heterocycles. The zero-order valence-electron chi connectivity index (χ0n) is 16.5. The zero-order valence-corrected chi connectivity index (χ0v) is 18.5. The first-order valence-electron chi connectivity index (χ1n) is 9.13. The van der Waals surface area contributed by atoms with Crippen LogP contribution in [0.2, 0.25) is 0 Å². The molecule has 0 bridgehead atoms. The molecule has 27 heavy (non-hydrogen) atoms. The van der Waals surface area contributed by atoms with Crippen molar-refractivity contribution < 1.29 is 31.0 Å². The van der Waals surface area contributed by atoms with E-state index in [2.05, 4.69) is 113 Å². The van der Waals surface area contributed by atoms with Crippen molar-refractivity contribution in [2.75, 3.05) is 0 Å². The fourth-order valence-electron chi connectivity index (χ4n) is 4.56. The third-order valence-electron chi connectivity index (χ3n) is 5.83. The first-order valence-corrected chi connectivity index (χ1v) is 9.63. The van der Waals surface area contributed by atoms with Crippen molar-refractivity contribution in [3.63, 3.8) is 0 Å². The molecule has 0 saturated heterocycles. The van der Waals surface area contributed by atoms with E-state index in [1.165, 1.54) is 27.8 Å². The van der Waals surface area contributed by atoms with Crippen LogP contribution in [0.5, 0.6) is 0 Å². The van der Waals surface area contributed by atoms with Crippen LogP contribution in [-0.4, -0.2) is 10.2 Å². The van der Waals surface area contributed by atoms with Crippen LogP contribution in [0.4, 0.5) is 0 Å². The molecule has 3 radical (unpaired) electrons. The molecule has 0 amide bonds. The van der Waals surface area contributed by atoms with E-state index in [1.54, 1.807) is 0 Å². The maximum atomic E-state index is 4.35. The van der Waals surface area contributed by atoms with E-state index < -0.39 is 0 Å². The van der Waals surface area contributed by atoms with Gasteiger partial charge >= 0.3 is 29.6 Å². The van der Waals surface area contributed by atoms with Crippen LogP contribution < -0.4 is 29.6 Å². The third-order valence-corrected chi connectivity index (χ3v) is 6.74. The van der Waals surface area contributed by atoms with Crippen LogP contribution in [0.1, 0.15) is 41.1 Å². The zero-order chi connectivity index (χ0) is 17.6. The van der Waals surface area contributed by atoms with Crippen LogP contribution in [0, 0.1) is 0 Å². The summed E-state index contributed by atoms with van der Waals surface area (Å²) in [6.45, 7) is 0. The standard InChI is InChI=1S/C25H19Si.Na.H/c26-25(20-10-2-1-3-11-20,23-16-14-18-8-4-6-12-21(18)23)24-17-15-19-9-5-7-13-22(19)24;;/h1-17,23-24H;;/q;+1;-1. The van der Waals surface area contributed by atoms with Gasteiger partial charge in [0.2, 0.25) is 0 Å². The van der Waals surface area contributed by atoms with E-state index in [0.29, 0.717) is 0 Å². The van der Waals surface area contributed by atoms with Crippen LogP contribution in [0.25, 0.3) is 12.2 Å². The van der Waals surface area contributed by atoms with Gasteiger partial charge in [-0.05, 0) is 27.8 Å². The van der Waals surface area contributed by atoms with Crippen molar-refractivity contribution in [3.8, 4) is 0 Å². The summed E-state index contributed by atoms with van der Waals surface area (Å²) >= 11 is 0. The molecule has 3 aromatic rings. The molecule has 3 aromatic carbocycles. The van der Waals surface area contributed by atoms with Crippen LogP contribution >= 0.6 is 0 Å². The Morgan fingerprint density at radius 2 is 1.07 bits per heavy atom. The second-order valence-electron chi connectivity index (χ2n) is 7.17. The van der Waals surface area contributed by atoms with Crippen molar-refractivity contribution in [2.45, 2.75) is 16.9 Å². The molecular formula is C25H20NaSi. The topological polar surface area (TPSA) is 0 Å². The van der Waals surface area contributed by atoms with Gasteiger partial charge in [-0.3, -0.25) is 0 Å². The van der Waals surface area contributed by atoms with Crippen LogP contribution in [0.15, 0.2) is 91.0 Å². The molecule has 2 atom stereocenters. The van der Waals surface area contributed by atoms with Crippen molar-refractivity contribution >= 4 is 22.4 Å². The Kier molecular flexibility index (Phi) is 5.13. The molecule has 0 saturated carbocycles. The van der Waals surface area contributed by atoms with Crippen molar-refractivity contribution in [1.82, 2.24) is 0 Å². The quantitative estimate of drug-likeness (QED) is 0.621. The Balaban J connectivity index is 0.00000112. The molecule has 2 aliphatic rings. The molecule has 0 nitrogen and oxygen atoms in total. The van der Waals surface area contributed by atoms with E-state index in [-0.39, 0.29) is 47.9 Å². The first-order chi connectivity index (χ1) is 12.8. The fourth-order valence-corrected chi connectivity index (χ4v) is 5.23. The summed E-state index contributed by atoms with van der Waals surface area (Å²) in [6, 6.07) is 28.3. The largest absolute Gasteiger partial charge is 1.00 e. The average molecular weight is 372 g/mol. The van der Waals surface area contributed by atoms with E-state index in [0.717, 1.165) is 0 Å². The minimum atomic E-state index is -0.229. The van der Waals surface area contributed by atoms with Crippen molar-refractivity contribution in [3.05, 3.63) is 119 Å². The van der Waals surface area contributed by atoms with Gasteiger partial charge in [-0.25, -0.2) is 0 Å². The summed E-state index contributed by atoms with van der Waals surface area (Å²) in [5.74, 6) is 0.553. The third kappa shape index (κ3) is 2.94. The minimum Gasteiger partial charge on any atom is -1.00 e. The number of hydrogen-bond acceptors (Lipinski definition) is 0. The first kappa shape index (κ1) is 18.7. The van der Waals surface area contributed by atoms with Gasteiger partial charge in [0, 0.05) is 27.1 Å². The van der Waals surface area contributed by atoms with Gasteiger partial charge in [0.1, 0.15) is 0 Å². The minimum absolute atomic E-state index is 0. The summed E-state index contributed by atoms with van der Waals surface area (Å²) in [5, 5.41) is -0.229. The Labute approximate surface area is 188 Å². The van der Waals surface area contributed by atoms with Gasteiger partial charge in [-0.2, -0.15) is 0 Å². The summed E-state index contributed by atoms with van der Waals surface area (Å²) in [4.78, 5) is 0. The molecule has 5 rings (SSSR count). The fraction of sp³-hybridized carbons (Fsp3) is 0.120. The maximum absolute atomic E-state index is 4.35. The normalized spacial score (nSPS) is 21.2. The molecule has 125 valence electrons. The second-order valence-corrected chi connectivity index (χ2v) is 7.99. The maximum Gasteiger partial charge on any atom is 1.00 e. The van der Waals surface area contributed by atoms with Gasteiger partial charge in [0.25, 0.3) is 0 Å². The number of hydrogen-bond donors (Lipinski definition) is 0. The Morgan fingerprint density at radius 3 is 1.59 bits per heavy atom. The van der Waals surface area contributed by atoms with Gasteiger partial charge in [-0.1, -0.05) is 103 Å². The van der Waals surface area contributed by atoms with Gasteiger partial charge in [0.05, 0.1) is 0 Å². The Bertz CT molecular complexity index is 964. The molecular weight excluding hydrogens is 351 g/mol. The van der Waals surface area contributed by atoms with Crippen molar-refractivity contribution in [1.29, 1.82) is 0 Å². The average Bonchev–Trinajstić information content (AvgIpc) is 3.33. The molecule has 2 aliphatic carbocycles. The van der Waals surface area contributed by atoms with Gasteiger partial charge in [-0.15, -0.1) is 0 Å². The van der Waals surface area contributed by atoms with E-state index >= 15 is 0 Å². The summed E-state index contributed by atoms with van der Waals surface area (Å²) in [6.07, 6.45) is 9.25. The van der Waals surface area contributed by atoms with E-state index in [4.69, 9.17) is 0 Å². The summed E-state index contributed by atoms with van der Waals surface area (Å²) in [5.41, 5.74) is 6.75. The monoisotopic (exact) mass is 371 g/mol. The number of benzene rings is 3. The summed E-state index contributed by atoms with van der Waals surface area (Å²) in [7, 11) is 4.35.